The summed E-state index contributed by atoms with van der Waals surface area (Å²) in [7, 11) is 3.63. The summed E-state index contributed by atoms with van der Waals surface area (Å²) in [5.74, 6) is 1.77. The van der Waals surface area contributed by atoms with Crippen molar-refractivity contribution >= 4 is 5.96 Å². The van der Waals surface area contributed by atoms with Gasteiger partial charge in [-0.3, -0.25) is 4.99 Å². The summed E-state index contributed by atoms with van der Waals surface area (Å²) in [5.41, 5.74) is -0.114. The molecule has 5 nitrogen and oxygen atoms in total. The minimum absolute atomic E-state index is 0.114. The standard InChI is InChI=1S/C16H31N3O2/c1-13-4-6-14(7-5-13)19-15(17-2)18-12-16(20-3)8-10-21-11-9-16/h13-14H,4-12H2,1-3H3,(H2,17,18,19). The smallest absolute Gasteiger partial charge is 0.191 e. The summed E-state index contributed by atoms with van der Waals surface area (Å²) in [5, 5.41) is 7.01. The molecule has 0 amide bonds. The fourth-order valence-electron chi connectivity index (χ4n) is 3.23. The minimum Gasteiger partial charge on any atom is -0.381 e. The van der Waals surface area contributed by atoms with Crippen molar-refractivity contribution < 1.29 is 9.47 Å². The van der Waals surface area contributed by atoms with Gasteiger partial charge in [0, 0.05) is 52.8 Å². The van der Waals surface area contributed by atoms with E-state index in [-0.39, 0.29) is 5.60 Å². The second-order valence-electron chi connectivity index (χ2n) is 6.53. The lowest BCUT2D eigenvalue weighted by Gasteiger charge is -2.37. The molecular formula is C16H31N3O2. The topological polar surface area (TPSA) is 54.9 Å². The Balaban J connectivity index is 1.79. The van der Waals surface area contributed by atoms with Gasteiger partial charge in [-0.05, 0) is 31.6 Å². The molecule has 2 N–H and O–H groups in total. The van der Waals surface area contributed by atoms with Crippen molar-refractivity contribution in [2.24, 2.45) is 10.9 Å². The molecule has 0 radical (unpaired) electrons. The molecule has 5 heteroatoms. The zero-order valence-electron chi connectivity index (χ0n) is 13.8. The summed E-state index contributed by atoms with van der Waals surface area (Å²) in [6.07, 6.45) is 6.99. The van der Waals surface area contributed by atoms with E-state index < -0.39 is 0 Å². The maximum absolute atomic E-state index is 5.75. The van der Waals surface area contributed by atoms with Crippen LogP contribution in [0.15, 0.2) is 4.99 Å². The largest absolute Gasteiger partial charge is 0.381 e. The maximum Gasteiger partial charge on any atom is 0.191 e. The molecule has 1 heterocycles. The molecule has 0 aromatic carbocycles. The fraction of sp³-hybridized carbons (Fsp3) is 0.938. The second kappa shape index (κ2) is 7.99. The van der Waals surface area contributed by atoms with Gasteiger partial charge >= 0.3 is 0 Å². The maximum atomic E-state index is 5.75. The third-order valence-corrected chi connectivity index (χ3v) is 5.00. The van der Waals surface area contributed by atoms with Gasteiger partial charge in [-0.25, -0.2) is 0 Å². The van der Waals surface area contributed by atoms with E-state index in [2.05, 4.69) is 22.5 Å². The highest BCUT2D eigenvalue weighted by Gasteiger charge is 2.32. The molecule has 122 valence electrons. The summed E-state index contributed by atoms with van der Waals surface area (Å²) in [6, 6.07) is 0.556. The first kappa shape index (κ1) is 16.6. The Bertz CT molecular complexity index is 332. The van der Waals surface area contributed by atoms with Gasteiger partial charge in [0.25, 0.3) is 0 Å². The number of nitrogens with one attached hydrogen (secondary N) is 2. The van der Waals surface area contributed by atoms with E-state index in [4.69, 9.17) is 9.47 Å². The monoisotopic (exact) mass is 297 g/mol. The van der Waals surface area contributed by atoms with E-state index in [1.807, 2.05) is 7.05 Å². The predicted octanol–water partition coefficient (Wildman–Crippen LogP) is 1.93. The number of aliphatic imine (C=N–C) groups is 1. The van der Waals surface area contributed by atoms with Crippen molar-refractivity contribution in [3.8, 4) is 0 Å². The van der Waals surface area contributed by atoms with Gasteiger partial charge in [0.05, 0.1) is 5.60 Å². The number of hydrogen-bond acceptors (Lipinski definition) is 3. The molecule has 2 rings (SSSR count). The molecule has 2 fully saturated rings. The van der Waals surface area contributed by atoms with Crippen molar-refractivity contribution in [2.75, 3.05) is 33.9 Å². The van der Waals surface area contributed by atoms with Crippen LogP contribution in [0.2, 0.25) is 0 Å². The number of nitrogens with zero attached hydrogens (tertiary/aromatic N) is 1. The molecule has 0 aromatic heterocycles. The second-order valence-corrected chi connectivity index (χ2v) is 6.53. The average molecular weight is 297 g/mol. The van der Waals surface area contributed by atoms with Gasteiger partial charge in [-0.1, -0.05) is 6.92 Å². The van der Waals surface area contributed by atoms with Crippen LogP contribution in [0.4, 0.5) is 0 Å². The van der Waals surface area contributed by atoms with Crippen molar-refractivity contribution in [1.82, 2.24) is 10.6 Å². The predicted molar refractivity (Wildman–Crippen MR) is 85.7 cm³/mol. The molecule has 1 aliphatic carbocycles. The number of methoxy groups -OCH3 is 1. The molecule has 1 aliphatic heterocycles. The lowest BCUT2D eigenvalue weighted by molar-refractivity contribution is -0.0855. The molecule has 2 aliphatic rings. The summed E-state index contributed by atoms with van der Waals surface area (Å²) < 4.78 is 11.2. The Labute approximate surface area is 128 Å². The fourth-order valence-corrected chi connectivity index (χ4v) is 3.23. The van der Waals surface area contributed by atoms with E-state index in [1.54, 1.807) is 7.11 Å². The first-order valence-electron chi connectivity index (χ1n) is 8.27. The number of ether oxygens (including phenoxy) is 2. The zero-order valence-corrected chi connectivity index (χ0v) is 13.8. The van der Waals surface area contributed by atoms with E-state index in [0.29, 0.717) is 6.04 Å². The van der Waals surface area contributed by atoms with Gasteiger partial charge in [0.15, 0.2) is 5.96 Å². The summed E-state index contributed by atoms with van der Waals surface area (Å²) >= 11 is 0. The van der Waals surface area contributed by atoms with Crippen LogP contribution in [0.5, 0.6) is 0 Å². The van der Waals surface area contributed by atoms with Gasteiger partial charge < -0.3 is 20.1 Å². The van der Waals surface area contributed by atoms with E-state index >= 15 is 0 Å². The van der Waals surface area contributed by atoms with Crippen molar-refractivity contribution in [3.05, 3.63) is 0 Å². The molecule has 0 bridgehead atoms. The van der Waals surface area contributed by atoms with Crippen molar-refractivity contribution in [3.63, 3.8) is 0 Å². The normalized spacial score (nSPS) is 30.0. The van der Waals surface area contributed by atoms with Crippen LogP contribution in [0, 0.1) is 5.92 Å². The Kier molecular flexibility index (Phi) is 6.30. The third-order valence-electron chi connectivity index (χ3n) is 5.00. The van der Waals surface area contributed by atoms with Gasteiger partial charge in [0.2, 0.25) is 0 Å². The molecule has 0 spiro atoms. The lowest BCUT2D eigenvalue weighted by atomic mass is 9.87. The van der Waals surface area contributed by atoms with Crippen molar-refractivity contribution in [1.29, 1.82) is 0 Å². The van der Waals surface area contributed by atoms with Crippen LogP contribution in [0.3, 0.4) is 0 Å². The Morgan fingerprint density at radius 1 is 1.24 bits per heavy atom. The lowest BCUT2D eigenvalue weighted by Crippen LogP contribution is -2.52. The highest BCUT2D eigenvalue weighted by Crippen LogP contribution is 2.24. The van der Waals surface area contributed by atoms with E-state index in [9.17, 15) is 0 Å². The van der Waals surface area contributed by atoms with Crippen LogP contribution in [-0.2, 0) is 9.47 Å². The quantitative estimate of drug-likeness (QED) is 0.615. The van der Waals surface area contributed by atoms with Gasteiger partial charge in [-0.2, -0.15) is 0 Å². The Hall–Kier alpha value is -0.810. The van der Waals surface area contributed by atoms with E-state index in [0.717, 1.165) is 44.5 Å². The SMILES string of the molecule is CN=C(NCC1(OC)CCOCC1)NC1CCC(C)CC1. The Morgan fingerprint density at radius 3 is 2.48 bits per heavy atom. The summed E-state index contributed by atoms with van der Waals surface area (Å²) in [6.45, 7) is 4.69. The van der Waals surface area contributed by atoms with Crippen LogP contribution >= 0.6 is 0 Å². The minimum atomic E-state index is -0.114. The molecule has 0 atom stereocenters. The molecule has 21 heavy (non-hydrogen) atoms. The molecule has 0 unspecified atom stereocenters. The molecule has 1 saturated heterocycles. The van der Waals surface area contributed by atoms with Crippen molar-refractivity contribution in [2.45, 2.75) is 57.1 Å². The van der Waals surface area contributed by atoms with E-state index in [1.165, 1.54) is 25.7 Å². The van der Waals surface area contributed by atoms with Gasteiger partial charge in [-0.15, -0.1) is 0 Å². The first-order valence-corrected chi connectivity index (χ1v) is 8.27. The Morgan fingerprint density at radius 2 is 1.90 bits per heavy atom. The van der Waals surface area contributed by atoms with Crippen LogP contribution in [-0.4, -0.2) is 51.5 Å². The molecular weight excluding hydrogens is 266 g/mol. The highest BCUT2D eigenvalue weighted by molar-refractivity contribution is 5.80. The summed E-state index contributed by atoms with van der Waals surface area (Å²) in [4.78, 5) is 4.36. The van der Waals surface area contributed by atoms with Crippen LogP contribution < -0.4 is 10.6 Å². The number of guanidine groups is 1. The first-order chi connectivity index (χ1) is 10.2. The third kappa shape index (κ3) is 4.85. The highest BCUT2D eigenvalue weighted by atomic mass is 16.5. The zero-order chi connectivity index (χ0) is 15.1. The molecule has 1 saturated carbocycles. The number of hydrogen-bond donors (Lipinski definition) is 2. The average Bonchev–Trinajstić information content (AvgIpc) is 2.54. The van der Waals surface area contributed by atoms with Gasteiger partial charge in [0.1, 0.15) is 0 Å². The van der Waals surface area contributed by atoms with Crippen LogP contribution in [0.1, 0.15) is 45.4 Å². The molecule has 0 aromatic rings. The van der Waals surface area contributed by atoms with Crippen LogP contribution in [0.25, 0.3) is 0 Å². The number of rotatable bonds is 4.